The lowest BCUT2D eigenvalue weighted by Crippen LogP contribution is -2.56. The summed E-state index contributed by atoms with van der Waals surface area (Å²) in [5.41, 5.74) is 2.84. The summed E-state index contributed by atoms with van der Waals surface area (Å²) in [6.45, 7) is 10.1. The fourth-order valence-electron chi connectivity index (χ4n) is 7.75. The van der Waals surface area contributed by atoms with Crippen molar-refractivity contribution in [1.82, 2.24) is 4.90 Å². The summed E-state index contributed by atoms with van der Waals surface area (Å²) in [5.74, 6) is 0.368. The van der Waals surface area contributed by atoms with Crippen molar-refractivity contribution in [2.75, 3.05) is 13.1 Å². The van der Waals surface area contributed by atoms with Crippen molar-refractivity contribution in [3.8, 4) is 0 Å². The van der Waals surface area contributed by atoms with Gasteiger partial charge in [-0.15, -0.1) is 0 Å². The Labute approximate surface area is 157 Å². The Morgan fingerprint density at radius 3 is 2.54 bits per heavy atom. The second-order valence-corrected chi connectivity index (χ2v) is 10.5. The molecule has 26 heavy (non-hydrogen) atoms. The number of carbonyl (C=O) groups is 2. The third-order valence-electron chi connectivity index (χ3n) is 8.66. The normalized spacial score (nSPS) is 41.5. The molecule has 0 bridgehead atoms. The second kappa shape index (κ2) is 5.59. The zero-order valence-corrected chi connectivity index (χ0v) is 16.7. The average molecular weight is 360 g/mol. The van der Waals surface area contributed by atoms with Crippen LogP contribution in [0.2, 0.25) is 0 Å². The summed E-state index contributed by atoms with van der Waals surface area (Å²) >= 11 is 0. The Hall–Kier alpha value is -1.32. The molecule has 0 aromatic heterocycles. The van der Waals surface area contributed by atoms with Gasteiger partial charge in [-0.3, -0.25) is 9.59 Å². The van der Waals surface area contributed by atoms with Gasteiger partial charge in [0.1, 0.15) is 6.54 Å². The van der Waals surface area contributed by atoms with Crippen LogP contribution < -0.4 is 0 Å². The molecular weight excluding hydrogens is 326 g/mol. The molecule has 0 aromatic carbocycles. The minimum absolute atomic E-state index is 0.00622. The number of hydrogen-bond donors (Lipinski definition) is 1. The van der Waals surface area contributed by atoms with Crippen LogP contribution >= 0.6 is 0 Å². The van der Waals surface area contributed by atoms with Crippen molar-refractivity contribution in [2.45, 2.75) is 72.6 Å². The maximum absolute atomic E-state index is 13.1. The van der Waals surface area contributed by atoms with Crippen molar-refractivity contribution in [3.63, 3.8) is 0 Å². The van der Waals surface area contributed by atoms with Crippen LogP contribution in [-0.2, 0) is 9.59 Å². The molecule has 1 amide bonds. The van der Waals surface area contributed by atoms with Crippen LogP contribution in [0.15, 0.2) is 11.1 Å². The largest absolute Gasteiger partial charge is 0.480 e. The number of hydrogen-bond acceptors (Lipinski definition) is 2. The molecule has 0 aromatic rings. The maximum Gasteiger partial charge on any atom is 0.323 e. The van der Waals surface area contributed by atoms with E-state index in [2.05, 4.69) is 27.7 Å². The lowest BCUT2D eigenvalue weighted by Gasteiger charge is -2.64. The van der Waals surface area contributed by atoms with Crippen LogP contribution in [0.5, 0.6) is 0 Å². The van der Waals surface area contributed by atoms with Gasteiger partial charge in [-0.25, -0.2) is 0 Å². The van der Waals surface area contributed by atoms with E-state index in [0.717, 1.165) is 30.8 Å². The fourth-order valence-corrected chi connectivity index (χ4v) is 7.75. The van der Waals surface area contributed by atoms with E-state index in [1.807, 2.05) is 0 Å². The van der Waals surface area contributed by atoms with Crippen molar-refractivity contribution in [3.05, 3.63) is 11.1 Å². The predicted molar refractivity (Wildman–Crippen MR) is 101 cm³/mol. The van der Waals surface area contributed by atoms with E-state index in [1.165, 1.54) is 31.3 Å². The quantitative estimate of drug-likeness (QED) is 0.802. The van der Waals surface area contributed by atoms with Gasteiger partial charge in [0.05, 0.1) is 0 Å². The summed E-state index contributed by atoms with van der Waals surface area (Å²) in [7, 11) is 0. The summed E-state index contributed by atoms with van der Waals surface area (Å²) < 4.78 is 0. The van der Waals surface area contributed by atoms with Crippen molar-refractivity contribution < 1.29 is 14.7 Å². The molecule has 1 N–H and O–H groups in total. The molecule has 4 nitrogen and oxygen atoms in total. The Kier molecular flexibility index (Phi) is 3.88. The number of fused-ring (bicyclic) bond motifs is 4. The van der Waals surface area contributed by atoms with Gasteiger partial charge in [0, 0.05) is 17.5 Å². The number of amides is 1. The highest BCUT2D eigenvalue weighted by atomic mass is 16.4. The molecule has 4 atom stereocenters. The Bertz CT molecular complexity index is 694. The predicted octanol–water partition coefficient (Wildman–Crippen LogP) is 4.25. The van der Waals surface area contributed by atoms with Crippen molar-refractivity contribution in [1.29, 1.82) is 0 Å². The standard InChI is InChI=1S/C22H33NO3/c1-20(2)9-5-10-21(3)15(20)8-11-22(4)16(21)7-6-14-12-23(13-17(24)25)19(26)18(14)22/h15-16H,5-13H2,1-4H3,(H,24,25)/t15-,16+,21-,22+/m0/s1. The van der Waals surface area contributed by atoms with Gasteiger partial charge in [-0.2, -0.15) is 0 Å². The Balaban J connectivity index is 1.70. The molecular formula is C22H33NO3. The average Bonchev–Trinajstić information content (AvgIpc) is 2.82. The SMILES string of the molecule is CC1(C)CCC[C@]2(C)[C@H]3CCC4=C(C(=O)N(CC(=O)O)C4)[C@]3(C)CC[C@@H]12. The molecule has 0 saturated heterocycles. The summed E-state index contributed by atoms with van der Waals surface area (Å²) in [4.78, 5) is 25.9. The molecule has 0 unspecified atom stereocenters. The maximum atomic E-state index is 13.1. The van der Waals surface area contributed by atoms with Gasteiger partial charge in [0.25, 0.3) is 5.91 Å². The molecule has 4 heteroatoms. The van der Waals surface area contributed by atoms with E-state index in [-0.39, 0.29) is 17.9 Å². The van der Waals surface area contributed by atoms with Gasteiger partial charge in [0.15, 0.2) is 0 Å². The van der Waals surface area contributed by atoms with Crippen molar-refractivity contribution >= 4 is 11.9 Å². The molecule has 2 fully saturated rings. The number of carboxylic acid groups (broad SMARTS) is 1. The van der Waals surface area contributed by atoms with Crippen LogP contribution in [0, 0.1) is 28.1 Å². The monoisotopic (exact) mass is 359 g/mol. The van der Waals surface area contributed by atoms with Crippen LogP contribution in [0.1, 0.15) is 72.6 Å². The topological polar surface area (TPSA) is 57.6 Å². The van der Waals surface area contributed by atoms with Crippen LogP contribution in [0.4, 0.5) is 0 Å². The molecule has 1 heterocycles. The first-order valence-corrected chi connectivity index (χ1v) is 10.3. The second-order valence-electron chi connectivity index (χ2n) is 10.5. The number of aliphatic carboxylic acids is 1. The number of carboxylic acids is 1. The van der Waals surface area contributed by atoms with Gasteiger partial charge in [-0.05, 0) is 66.8 Å². The van der Waals surface area contributed by atoms with Gasteiger partial charge in [-0.1, -0.05) is 34.1 Å². The van der Waals surface area contributed by atoms with E-state index < -0.39 is 5.97 Å². The molecule has 4 rings (SSSR count). The first-order valence-electron chi connectivity index (χ1n) is 10.3. The third kappa shape index (κ3) is 2.33. The van der Waals surface area contributed by atoms with Crippen LogP contribution in [0.3, 0.4) is 0 Å². The lowest BCUT2D eigenvalue weighted by atomic mass is 9.40. The van der Waals surface area contributed by atoms with E-state index in [0.29, 0.717) is 23.3 Å². The van der Waals surface area contributed by atoms with Crippen LogP contribution in [0.25, 0.3) is 0 Å². The summed E-state index contributed by atoms with van der Waals surface area (Å²) in [5, 5.41) is 9.16. The Morgan fingerprint density at radius 2 is 1.85 bits per heavy atom. The first-order chi connectivity index (χ1) is 12.1. The minimum atomic E-state index is -0.912. The van der Waals surface area contributed by atoms with E-state index in [9.17, 15) is 9.59 Å². The summed E-state index contributed by atoms with van der Waals surface area (Å²) in [6.07, 6.45) is 8.28. The highest BCUT2D eigenvalue weighted by Gasteiger charge is 2.62. The Morgan fingerprint density at radius 1 is 1.12 bits per heavy atom. The molecule has 3 aliphatic carbocycles. The van der Waals surface area contributed by atoms with Gasteiger partial charge < -0.3 is 10.0 Å². The third-order valence-corrected chi connectivity index (χ3v) is 8.66. The zero-order chi connectivity index (χ0) is 18.9. The van der Waals surface area contributed by atoms with E-state index in [4.69, 9.17) is 5.11 Å². The highest BCUT2D eigenvalue weighted by Crippen LogP contribution is 2.68. The van der Waals surface area contributed by atoms with Crippen molar-refractivity contribution in [2.24, 2.45) is 28.1 Å². The fraction of sp³-hybridized carbons (Fsp3) is 0.818. The van der Waals surface area contributed by atoms with Gasteiger partial charge >= 0.3 is 5.97 Å². The molecule has 0 spiro atoms. The molecule has 1 aliphatic heterocycles. The van der Waals surface area contributed by atoms with Gasteiger partial charge in [0.2, 0.25) is 0 Å². The van der Waals surface area contributed by atoms with E-state index >= 15 is 0 Å². The molecule has 144 valence electrons. The van der Waals surface area contributed by atoms with Crippen LogP contribution in [-0.4, -0.2) is 35.0 Å². The number of carbonyl (C=O) groups excluding carboxylic acids is 1. The number of rotatable bonds is 2. The van der Waals surface area contributed by atoms with E-state index in [1.54, 1.807) is 4.90 Å². The first kappa shape index (κ1) is 18.1. The molecule has 4 aliphatic rings. The lowest BCUT2D eigenvalue weighted by molar-refractivity contribution is -0.144. The molecule has 2 saturated carbocycles. The molecule has 0 radical (unpaired) electrons. The minimum Gasteiger partial charge on any atom is -0.480 e. The smallest absolute Gasteiger partial charge is 0.323 e. The zero-order valence-electron chi connectivity index (χ0n) is 16.7. The summed E-state index contributed by atoms with van der Waals surface area (Å²) in [6, 6.07) is 0. The number of nitrogens with zero attached hydrogens (tertiary/aromatic N) is 1. The highest BCUT2D eigenvalue weighted by molar-refractivity contribution is 6.00.